The molecule has 1 aliphatic carbocycles. The largest absolute Gasteiger partial charge is 0.303 e. The van der Waals surface area contributed by atoms with Gasteiger partial charge in [-0.3, -0.25) is 0 Å². The Kier molecular flexibility index (Phi) is 4.00. The van der Waals surface area contributed by atoms with E-state index in [0.29, 0.717) is 5.41 Å². The van der Waals surface area contributed by atoms with Crippen molar-refractivity contribution >= 4 is 0 Å². The van der Waals surface area contributed by atoms with Gasteiger partial charge in [0.15, 0.2) is 0 Å². The van der Waals surface area contributed by atoms with Crippen LogP contribution in [-0.4, -0.2) is 24.5 Å². The molecule has 1 nitrogen and oxygen atoms in total. The lowest BCUT2D eigenvalue weighted by atomic mass is 9.72. The van der Waals surface area contributed by atoms with Crippen molar-refractivity contribution < 1.29 is 0 Å². The topological polar surface area (TPSA) is 3.24 Å². The second-order valence-corrected chi connectivity index (χ2v) is 5.36. The fourth-order valence-corrected chi connectivity index (χ4v) is 3.43. The van der Waals surface area contributed by atoms with Crippen molar-refractivity contribution in [3.05, 3.63) is 0 Å². The summed E-state index contributed by atoms with van der Waals surface area (Å²) >= 11 is 0. The maximum atomic E-state index is 2.59. The Morgan fingerprint density at radius 2 is 1.64 bits per heavy atom. The number of likely N-dealkylation sites (tertiary alicyclic amines) is 1. The van der Waals surface area contributed by atoms with E-state index in [0.717, 1.165) is 12.0 Å². The minimum atomic E-state index is 0.583. The number of nitrogens with zero attached hydrogens (tertiary/aromatic N) is 1. The van der Waals surface area contributed by atoms with Crippen LogP contribution in [-0.2, 0) is 0 Å². The van der Waals surface area contributed by atoms with Crippen LogP contribution in [0.5, 0.6) is 0 Å². The van der Waals surface area contributed by atoms with Gasteiger partial charge in [-0.1, -0.05) is 40.5 Å². The van der Waals surface area contributed by atoms with Gasteiger partial charge in [0.1, 0.15) is 0 Å². The molecule has 0 unspecified atom stereocenters. The molecule has 1 aliphatic heterocycles. The zero-order chi connectivity index (χ0) is 10.8. The van der Waals surface area contributed by atoms with Gasteiger partial charge in [-0.15, -0.1) is 0 Å². The van der Waals surface area contributed by atoms with Crippen molar-refractivity contribution in [3.8, 4) is 0 Å². The predicted molar refractivity (Wildman–Crippen MR) is 63.5 cm³/mol. The van der Waals surface area contributed by atoms with Crippen molar-refractivity contribution in [2.75, 3.05) is 13.6 Å². The first-order valence-corrected chi connectivity index (χ1v) is 6.31. The summed E-state index contributed by atoms with van der Waals surface area (Å²) in [6, 6.07) is 0.911. The molecule has 2 fully saturated rings. The van der Waals surface area contributed by atoms with Crippen molar-refractivity contribution in [1.82, 2.24) is 4.90 Å². The molecule has 2 aliphatic rings. The monoisotopic (exact) mass is 197 g/mol. The molecule has 1 saturated heterocycles. The average molecular weight is 197 g/mol. The van der Waals surface area contributed by atoms with Crippen LogP contribution in [0.1, 0.15) is 53.4 Å². The number of hydrogen-bond acceptors (Lipinski definition) is 1. The first-order chi connectivity index (χ1) is 6.61. The van der Waals surface area contributed by atoms with E-state index in [9.17, 15) is 0 Å². The molecular formula is C13H27N. The molecule has 0 spiro atoms. The summed E-state index contributed by atoms with van der Waals surface area (Å²) in [5, 5.41) is 0. The van der Waals surface area contributed by atoms with E-state index < -0.39 is 0 Å². The van der Waals surface area contributed by atoms with Crippen LogP contribution in [0.25, 0.3) is 0 Å². The summed E-state index contributed by atoms with van der Waals surface area (Å²) in [4.78, 5) is 2.59. The van der Waals surface area contributed by atoms with Crippen LogP contribution in [0.3, 0.4) is 0 Å². The third-order valence-electron chi connectivity index (χ3n) is 3.96. The third-order valence-corrected chi connectivity index (χ3v) is 3.96. The van der Waals surface area contributed by atoms with Crippen LogP contribution < -0.4 is 0 Å². The first kappa shape index (κ1) is 12.0. The highest BCUT2D eigenvalue weighted by molar-refractivity contribution is 4.98. The summed E-state index contributed by atoms with van der Waals surface area (Å²) in [6.07, 6.45) is 5.85. The molecule has 0 aromatic carbocycles. The smallest absolute Gasteiger partial charge is 0.0126 e. The Balaban J connectivity index is 0.000000461. The second kappa shape index (κ2) is 4.65. The van der Waals surface area contributed by atoms with Crippen LogP contribution >= 0.6 is 0 Å². The Hall–Kier alpha value is -0.0400. The molecule has 0 bridgehead atoms. The molecule has 0 N–H and O–H groups in total. The molecular weight excluding hydrogens is 170 g/mol. The summed E-state index contributed by atoms with van der Waals surface area (Å²) in [5.74, 6) is 0.983. The zero-order valence-electron chi connectivity index (χ0n) is 10.6. The van der Waals surface area contributed by atoms with Crippen molar-refractivity contribution in [2.24, 2.45) is 11.3 Å². The van der Waals surface area contributed by atoms with E-state index in [1.165, 1.54) is 32.2 Å². The van der Waals surface area contributed by atoms with Gasteiger partial charge in [0.2, 0.25) is 0 Å². The van der Waals surface area contributed by atoms with E-state index in [2.05, 4.69) is 25.8 Å². The van der Waals surface area contributed by atoms with Gasteiger partial charge in [-0.2, -0.15) is 0 Å². The van der Waals surface area contributed by atoms with Crippen molar-refractivity contribution in [2.45, 2.75) is 59.4 Å². The molecule has 84 valence electrons. The highest BCUT2D eigenvalue weighted by atomic mass is 15.2. The van der Waals surface area contributed by atoms with Gasteiger partial charge in [0.25, 0.3) is 0 Å². The molecule has 14 heavy (non-hydrogen) atoms. The van der Waals surface area contributed by atoms with Crippen LogP contribution in [0.4, 0.5) is 0 Å². The summed E-state index contributed by atoms with van der Waals surface area (Å²) in [7, 11) is 2.30. The first-order valence-electron chi connectivity index (χ1n) is 6.31. The zero-order valence-corrected chi connectivity index (χ0v) is 10.6. The van der Waals surface area contributed by atoms with E-state index in [1.54, 1.807) is 0 Å². The minimum absolute atomic E-state index is 0.583. The van der Waals surface area contributed by atoms with E-state index in [1.807, 2.05) is 13.8 Å². The predicted octanol–water partition coefficient (Wildman–Crippen LogP) is 3.54. The lowest BCUT2D eigenvalue weighted by Crippen LogP contribution is -2.32. The van der Waals surface area contributed by atoms with Gasteiger partial charge in [0, 0.05) is 12.6 Å². The number of rotatable bonds is 0. The van der Waals surface area contributed by atoms with E-state index in [4.69, 9.17) is 0 Å². The second-order valence-electron chi connectivity index (χ2n) is 5.36. The number of hydrogen-bond donors (Lipinski definition) is 0. The van der Waals surface area contributed by atoms with Crippen LogP contribution in [0.2, 0.25) is 0 Å². The van der Waals surface area contributed by atoms with E-state index in [-0.39, 0.29) is 0 Å². The SMILES string of the molecule is CC.CN1CC(C)(C)[C@@H]2CCCC[C@@H]21. The molecule has 1 saturated carbocycles. The Bertz CT molecular complexity index is 174. The Morgan fingerprint density at radius 1 is 1.07 bits per heavy atom. The Labute approximate surface area is 89.9 Å². The molecule has 2 rings (SSSR count). The lowest BCUT2D eigenvalue weighted by Gasteiger charge is -2.33. The quantitative estimate of drug-likeness (QED) is 0.574. The molecule has 1 heteroatoms. The van der Waals surface area contributed by atoms with Crippen molar-refractivity contribution in [3.63, 3.8) is 0 Å². The van der Waals surface area contributed by atoms with Gasteiger partial charge in [0.05, 0.1) is 0 Å². The number of fused-ring (bicyclic) bond motifs is 1. The summed E-state index contributed by atoms with van der Waals surface area (Å²) in [6.45, 7) is 10.2. The molecule has 0 aromatic heterocycles. The highest BCUT2D eigenvalue weighted by Crippen LogP contribution is 2.46. The normalized spacial score (nSPS) is 35.8. The van der Waals surface area contributed by atoms with Gasteiger partial charge < -0.3 is 4.90 Å². The maximum Gasteiger partial charge on any atom is 0.0126 e. The van der Waals surface area contributed by atoms with Gasteiger partial charge in [-0.25, -0.2) is 0 Å². The third kappa shape index (κ3) is 2.13. The van der Waals surface area contributed by atoms with Crippen molar-refractivity contribution in [1.29, 1.82) is 0 Å². The fourth-order valence-electron chi connectivity index (χ4n) is 3.43. The molecule has 0 aromatic rings. The van der Waals surface area contributed by atoms with Gasteiger partial charge >= 0.3 is 0 Å². The van der Waals surface area contributed by atoms with Crippen LogP contribution in [0.15, 0.2) is 0 Å². The highest BCUT2D eigenvalue weighted by Gasteiger charge is 2.45. The summed E-state index contributed by atoms with van der Waals surface area (Å²) in [5.41, 5.74) is 0.583. The molecule has 1 heterocycles. The molecule has 0 radical (unpaired) electrons. The minimum Gasteiger partial charge on any atom is -0.303 e. The molecule has 0 amide bonds. The maximum absolute atomic E-state index is 2.59. The lowest BCUT2D eigenvalue weighted by molar-refractivity contribution is 0.183. The average Bonchev–Trinajstić information content (AvgIpc) is 2.42. The summed E-state index contributed by atoms with van der Waals surface area (Å²) < 4.78 is 0. The molecule has 2 atom stereocenters. The van der Waals surface area contributed by atoms with E-state index >= 15 is 0 Å². The fraction of sp³-hybridized carbons (Fsp3) is 1.00. The standard InChI is InChI=1S/C11H21N.C2H6/c1-11(2)8-12(3)10-7-5-4-6-9(10)11;1-2/h9-10H,4-8H2,1-3H3;1-2H3/t9-,10+;/m1./s1. The van der Waals surface area contributed by atoms with Gasteiger partial charge in [-0.05, 0) is 31.2 Å². The van der Waals surface area contributed by atoms with Crippen LogP contribution in [0, 0.1) is 11.3 Å². The Morgan fingerprint density at radius 3 is 2.21 bits per heavy atom.